The number of piperidine rings is 1. The van der Waals surface area contributed by atoms with Crippen molar-refractivity contribution in [3.63, 3.8) is 0 Å². The number of nitrogens with zero attached hydrogens (tertiary/aromatic N) is 1. The molecule has 0 radical (unpaired) electrons. The van der Waals surface area contributed by atoms with Crippen LogP contribution in [0.25, 0.3) is 0 Å². The Morgan fingerprint density at radius 1 is 1.32 bits per heavy atom. The highest BCUT2D eigenvalue weighted by Gasteiger charge is 2.26. The Labute approximate surface area is 133 Å². The van der Waals surface area contributed by atoms with Crippen LogP contribution in [0.4, 0.5) is 4.39 Å². The predicted octanol–water partition coefficient (Wildman–Crippen LogP) is 3.45. The van der Waals surface area contributed by atoms with Gasteiger partial charge in [-0.25, -0.2) is 4.39 Å². The first kappa shape index (κ1) is 17.2. The van der Waals surface area contributed by atoms with Crippen LogP contribution in [-0.2, 0) is 6.54 Å². The van der Waals surface area contributed by atoms with Gasteiger partial charge in [0.25, 0.3) is 0 Å². The maximum atomic E-state index is 13.4. The zero-order chi connectivity index (χ0) is 16.1. The van der Waals surface area contributed by atoms with Crippen molar-refractivity contribution >= 4 is 0 Å². The molecule has 4 heteroatoms. The van der Waals surface area contributed by atoms with E-state index in [1.54, 1.807) is 19.2 Å². The highest BCUT2D eigenvalue weighted by atomic mass is 19.1. The lowest BCUT2D eigenvalue weighted by Crippen LogP contribution is -2.37. The molecule has 22 heavy (non-hydrogen) atoms. The third-order valence-electron chi connectivity index (χ3n) is 4.53. The summed E-state index contributed by atoms with van der Waals surface area (Å²) in [6.45, 7) is 6.88. The minimum atomic E-state index is -0.224. The van der Waals surface area contributed by atoms with Gasteiger partial charge < -0.3 is 9.84 Å². The summed E-state index contributed by atoms with van der Waals surface area (Å²) in [5.41, 5.74) is 0.892. The smallest absolute Gasteiger partial charge is 0.123 e. The number of likely N-dealkylation sites (tertiary alicyclic amines) is 1. The van der Waals surface area contributed by atoms with Crippen LogP contribution in [0.1, 0.15) is 38.7 Å². The van der Waals surface area contributed by atoms with Crippen LogP contribution in [-0.4, -0.2) is 36.3 Å². The van der Waals surface area contributed by atoms with Crippen molar-refractivity contribution in [2.45, 2.75) is 45.8 Å². The molecule has 1 heterocycles. The Morgan fingerprint density at radius 3 is 2.59 bits per heavy atom. The molecule has 1 aromatic rings. The van der Waals surface area contributed by atoms with Crippen molar-refractivity contribution in [1.29, 1.82) is 0 Å². The summed E-state index contributed by atoms with van der Waals surface area (Å²) in [5.74, 6) is 1.44. The standard InChI is InChI=1S/C18H28FNO2/c1-13(2)10-17(21)14-6-8-20(9-7-14)12-15-11-16(19)4-5-18(15)22-3/h4-5,11,13-14,17,21H,6-10,12H2,1-3H3. The van der Waals surface area contributed by atoms with E-state index in [-0.39, 0.29) is 11.9 Å². The van der Waals surface area contributed by atoms with E-state index in [9.17, 15) is 9.50 Å². The SMILES string of the molecule is COc1ccc(F)cc1CN1CCC(C(O)CC(C)C)CC1. The van der Waals surface area contributed by atoms with Crippen LogP contribution in [0, 0.1) is 17.7 Å². The second-order valence-corrected chi connectivity index (χ2v) is 6.77. The Balaban J connectivity index is 1.89. The van der Waals surface area contributed by atoms with Crippen molar-refractivity contribution in [1.82, 2.24) is 4.90 Å². The zero-order valence-electron chi connectivity index (χ0n) is 13.9. The number of rotatable bonds is 6. The number of methoxy groups -OCH3 is 1. The topological polar surface area (TPSA) is 32.7 Å². The van der Waals surface area contributed by atoms with Gasteiger partial charge in [-0.05, 0) is 62.4 Å². The molecule has 124 valence electrons. The van der Waals surface area contributed by atoms with Gasteiger partial charge in [-0.1, -0.05) is 13.8 Å². The number of benzene rings is 1. The van der Waals surface area contributed by atoms with Crippen molar-refractivity contribution in [2.24, 2.45) is 11.8 Å². The number of hydrogen-bond donors (Lipinski definition) is 1. The van der Waals surface area contributed by atoms with E-state index in [4.69, 9.17) is 4.74 Å². The average Bonchev–Trinajstić information content (AvgIpc) is 2.47. The molecule has 3 nitrogen and oxygen atoms in total. The van der Waals surface area contributed by atoms with E-state index in [0.717, 1.165) is 43.7 Å². The Kier molecular flexibility index (Phi) is 6.21. The van der Waals surface area contributed by atoms with E-state index in [1.165, 1.54) is 6.07 Å². The average molecular weight is 309 g/mol. The molecule has 0 amide bonds. The molecule has 1 aromatic carbocycles. The van der Waals surface area contributed by atoms with Crippen molar-refractivity contribution < 1.29 is 14.2 Å². The summed E-state index contributed by atoms with van der Waals surface area (Å²) in [4.78, 5) is 2.32. The molecule has 1 aliphatic rings. The van der Waals surface area contributed by atoms with Crippen LogP contribution in [0.5, 0.6) is 5.75 Å². The molecular formula is C18H28FNO2. The molecule has 0 bridgehead atoms. The molecule has 0 aliphatic carbocycles. The lowest BCUT2D eigenvalue weighted by molar-refractivity contribution is 0.0435. The summed E-state index contributed by atoms with van der Waals surface area (Å²) in [6, 6.07) is 4.67. The van der Waals surface area contributed by atoms with E-state index in [2.05, 4.69) is 18.7 Å². The second kappa shape index (κ2) is 7.93. The summed E-state index contributed by atoms with van der Waals surface area (Å²) in [5, 5.41) is 10.3. The van der Waals surface area contributed by atoms with Crippen molar-refractivity contribution in [3.8, 4) is 5.75 Å². The molecule has 1 aliphatic heterocycles. The number of ether oxygens (including phenoxy) is 1. The molecule has 2 rings (SSSR count). The first-order valence-electron chi connectivity index (χ1n) is 8.22. The van der Waals surface area contributed by atoms with Gasteiger partial charge in [0.05, 0.1) is 13.2 Å². The van der Waals surface area contributed by atoms with E-state index >= 15 is 0 Å². The number of hydrogen-bond acceptors (Lipinski definition) is 3. The summed E-state index contributed by atoms with van der Waals surface area (Å²) in [6.07, 6.45) is 2.70. The molecule has 1 atom stereocenters. The normalized spacial score (nSPS) is 18.6. The lowest BCUT2D eigenvalue weighted by Gasteiger charge is -2.35. The summed E-state index contributed by atoms with van der Waals surface area (Å²) in [7, 11) is 1.62. The van der Waals surface area contributed by atoms with E-state index in [0.29, 0.717) is 18.4 Å². The first-order chi connectivity index (χ1) is 10.5. The second-order valence-electron chi connectivity index (χ2n) is 6.77. The lowest BCUT2D eigenvalue weighted by atomic mass is 9.87. The molecule has 0 saturated carbocycles. The maximum Gasteiger partial charge on any atom is 0.123 e. The third-order valence-corrected chi connectivity index (χ3v) is 4.53. The van der Waals surface area contributed by atoms with Gasteiger partial charge in [-0.3, -0.25) is 4.90 Å². The molecule has 1 N–H and O–H groups in total. The fraction of sp³-hybridized carbons (Fsp3) is 0.667. The molecule has 1 saturated heterocycles. The summed E-state index contributed by atoms with van der Waals surface area (Å²) >= 11 is 0. The van der Waals surface area contributed by atoms with E-state index < -0.39 is 0 Å². The molecule has 0 spiro atoms. The van der Waals surface area contributed by atoms with Crippen LogP contribution < -0.4 is 4.74 Å². The minimum absolute atomic E-state index is 0.189. The molecule has 1 unspecified atom stereocenters. The van der Waals surface area contributed by atoms with Crippen molar-refractivity contribution in [2.75, 3.05) is 20.2 Å². The Morgan fingerprint density at radius 2 is 2.00 bits per heavy atom. The summed E-state index contributed by atoms with van der Waals surface area (Å²) < 4.78 is 18.7. The van der Waals surface area contributed by atoms with Gasteiger partial charge in [-0.15, -0.1) is 0 Å². The van der Waals surface area contributed by atoms with Crippen molar-refractivity contribution in [3.05, 3.63) is 29.6 Å². The van der Waals surface area contributed by atoms with Crippen LogP contribution in [0.15, 0.2) is 18.2 Å². The fourth-order valence-corrected chi connectivity index (χ4v) is 3.28. The third kappa shape index (κ3) is 4.68. The highest BCUT2D eigenvalue weighted by molar-refractivity contribution is 5.33. The maximum absolute atomic E-state index is 13.4. The fourth-order valence-electron chi connectivity index (χ4n) is 3.28. The number of aliphatic hydroxyl groups excluding tert-OH is 1. The minimum Gasteiger partial charge on any atom is -0.496 e. The number of halogens is 1. The first-order valence-corrected chi connectivity index (χ1v) is 8.22. The molecule has 0 aromatic heterocycles. The predicted molar refractivity (Wildman–Crippen MR) is 86.4 cm³/mol. The zero-order valence-corrected chi connectivity index (χ0v) is 13.9. The highest BCUT2D eigenvalue weighted by Crippen LogP contribution is 2.27. The molecule has 1 fully saturated rings. The van der Waals surface area contributed by atoms with Gasteiger partial charge in [0.2, 0.25) is 0 Å². The van der Waals surface area contributed by atoms with Gasteiger partial charge in [0.15, 0.2) is 0 Å². The van der Waals surface area contributed by atoms with Crippen LogP contribution >= 0.6 is 0 Å². The van der Waals surface area contributed by atoms with Crippen LogP contribution in [0.3, 0.4) is 0 Å². The Hall–Kier alpha value is -1.13. The Bertz CT molecular complexity index is 470. The quantitative estimate of drug-likeness (QED) is 0.873. The van der Waals surface area contributed by atoms with Gasteiger partial charge in [-0.2, -0.15) is 0 Å². The molecular weight excluding hydrogens is 281 g/mol. The van der Waals surface area contributed by atoms with Crippen LogP contribution in [0.2, 0.25) is 0 Å². The van der Waals surface area contributed by atoms with Gasteiger partial charge in [0, 0.05) is 12.1 Å². The van der Waals surface area contributed by atoms with Gasteiger partial charge >= 0.3 is 0 Å². The number of aliphatic hydroxyl groups is 1. The van der Waals surface area contributed by atoms with Gasteiger partial charge in [0.1, 0.15) is 11.6 Å². The largest absolute Gasteiger partial charge is 0.496 e. The monoisotopic (exact) mass is 309 g/mol. The van der Waals surface area contributed by atoms with E-state index in [1.807, 2.05) is 0 Å².